The Balaban J connectivity index is 3.32. The van der Waals surface area contributed by atoms with Gasteiger partial charge in [0.2, 0.25) is 0 Å². The van der Waals surface area contributed by atoms with Gasteiger partial charge in [0.25, 0.3) is 10.1 Å². The predicted octanol–water partition coefficient (Wildman–Crippen LogP) is 0.302. The molecule has 0 aliphatic carbocycles. The van der Waals surface area contributed by atoms with Crippen LogP contribution in [0.1, 0.15) is 10.4 Å². The number of aromatic carboxylic acids is 1. The van der Waals surface area contributed by atoms with Gasteiger partial charge in [0.05, 0.1) is 18.4 Å². The maximum Gasteiger partial charge on any atom is 0.335 e. The fourth-order valence-corrected chi connectivity index (χ4v) is 1.76. The number of hydrogen-bond donors (Lipinski definition) is 2. The Bertz CT molecular complexity index is 494. The maximum atomic E-state index is 11.3. The Morgan fingerprint density at radius 1 is 1.47 bits per heavy atom. The van der Waals surface area contributed by atoms with Crippen LogP contribution in [-0.2, 0) is 14.3 Å². The summed E-state index contributed by atoms with van der Waals surface area (Å²) in [6.45, 7) is 0. The van der Waals surface area contributed by atoms with Crippen LogP contribution < -0.4 is 5.73 Å². The fraction of sp³-hybridized carbons (Fsp3) is 0.125. The Labute approximate surface area is 86.4 Å². The number of rotatable bonds is 3. The normalized spacial score (nSPS) is 11.3. The number of nitrogen functional groups attached to an aromatic ring is 1. The van der Waals surface area contributed by atoms with Crippen molar-refractivity contribution in [1.82, 2.24) is 0 Å². The van der Waals surface area contributed by atoms with Crippen LogP contribution in [0.4, 0.5) is 5.69 Å². The van der Waals surface area contributed by atoms with Crippen LogP contribution in [0.3, 0.4) is 0 Å². The van der Waals surface area contributed by atoms with E-state index >= 15 is 0 Å². The van der Waals surface area contributed by atoms with E-state index in [-0.39, 0.29) is 16.1 Å². The van der Waals surface area contributed by atoms with E-state index in [1.54, 1.807) is 0 Å². The summed E-state index contributed by atoms with van der Waals surface area (Å²) < 4.78 is 26.8. The zero-order valence-electron chi connectivity index (χ0n) is 7.80. The quantitative estimate of drug-likeness (QED) is 0.572. The first-order valence-corrected chi connectivity index (χ1v) is 5.23. The van der Waals surface area contributed by atoms with Crippen molar-refractivity contribution < 1.29 is 22.5 Å². The van der Waals surface area contributed by atoms with E-state index in [2.05, 4.69) is 4.18 Å². The maximum absolute atomic E-state index is 11.3. The lowest BCUT2D eigenvalue weighted by Crippen LogP contribution is -2.08. The van der Waals surface area contributed by atoms with Crippen LogP contribution in [0.2, 0.25) is 0 Å². The molecule has 0 heterocycles. The van der Waals surface area contributed by atoms with Gasteiger partial charge in [-0.2, -0.15) is 8.42 Å². The summed E-state index contributed by atoms with van der Waals surface area (Å²) >= 11 is 0. The molecule has 0 aromatic heterocycles. The molecular weight excluding hydrogens is 222 g/mol. The first kappa shape index (κ1) is 11.5. The summed E-state index contributed by atoms with van der Waals surface area (Å²) in [6.07, 6.45) is 0. The molecule has 6 nitrogen and oxygen atoms in total. The van der Waals surface area contributed by atoms with Crippen LogP contribution in [0.25, 0.3) is 0 Å². The molecule has 0 saturated carbocycles. The average Bonchev–Trinajstić information content (AvgIpc) is 2.17. The van der Waals surface area contributed by atoms with Gasteiger partial charge >= 0.3 is 5.97 Å². The van der Waals surface area contributed by atoms with Crippen LogP contribution in [0, 0.1) is 0 Å². The van der Waals surface area contributed by atoms with E-state index in [4.69, 9.17) is 10.8 Å². The van der Waals surface area contributed by atoms with Gasteiger partial charge in [0.1, 0.15) is 4.90 Å². The van der Waals surface area contributed by atoms with E-state index in [1.165, 1.54) is 0 Å². The minimum absolute atomic E-state index is 0.0810. The SMILES string of the molecule is COS(=O)(=O)c1ccc(C(=O)O)cc1N. The van der Waals surface area contributed by atoms with Gasteiger partial charge < -0.3 is 10.8 Å². The molecule has 0 atom stereocenters. The van der Waals surface area contributed by atoms with Crippen molar-refractivity contribution in [2.75, 3.05) is 12.8 Å². The summed E-state index contributed by atoms with van der Waals surface area (Å²) in [4.78, 5) is 10.3. The molecule has 0 spiro atoms. The Hall–Kier alpha value is -1.60. The van der Waals surface area contributed by atoms with Crippen LogP contribution in [0.15, 0.2) is 23.1 Å². The van der Waals surface area contributed by atoms with E-state index < -0.39 is 16.1 Å². The molecule has 1 aromatic rings. The van der Waals surface area contributed by atoms with Crippen LogP contribution in [0.5, 0.6) is 0 Å². The highest BCUT2D eigenvalue weighted by atomic mass is 32.2. The molecule has 0 aliphatic rings. The third kappa shape index (κ3) is 2.25. The van der Waals surface area contributed by atoms with Crippen molar-refractivity contribution in [2.45, 2.75) is 4.90 Å². The fourth-order valence-electron chi connectivity index (χ4n) is 0.999. The minimum atomic E-state index is -3.89. The standard InChI is InChI=1S/C8H9NO5S/c1-14-15(12,13)7-3-2-5(8(10)11)4-6(7)9/h2-4H,9H2,1H3,(H,10,11). The monoisotopic (exact) mass is 231 g/mol. The van der Waals surface area contributed by atoms with Gasteiger partial charge in [0.15, 0.2) is 0 Å². The molecule has 3 N–H and O–H groups in total. The molecule has 7 heteroatoms. The molecule has 0 unspecified atom stereocenters. The lowest BCUT2D eigenvalue weighted by Gasteiger charge is -2.05. The molecule has 0 amide bonds. The topological polar surface area (TPSA) is 107 Å². The van der Waals surface area contributed by atoms with Gasteiger partial charge in [-0.3, -0.25) is 4.18 Å². The Morgan fingerprint density at radius 2 is 2.07 bits per heavy atom. The van der Waals surface area contributed by atoms with E-state index in [0.717, 1.165) is 25.3 Å². The number of nitrogens with two attached hydrogens (primary N) is 1. The summed E-state index contributed by atoms with van der Waals surface area (Å²) in [6, 6.07) is 3.30. The Kier molecular flexibility index (Phi) is 2.96. The highest BCUT2D eigenvalue weighted by Crippen LogP contribution is 2.21. The van der Waals surface area contributed by atoms with Crippen molar-refractivity contribution in [3.05, 3.63) is 23.8 Å². The summed E-state index contributed by atoms with van der Waals surface area (Å²) in [5, 5.41) is 8.62. The smallest absolute Gasteiger partial charge is 0.335 e. The Morgan fingerprint density at radius 3 is 2.47 bits per heavy atom. The second-order valence-electron chi connectivity index (χ2n) is 2.68. The van der Waals surface area contributed by atoms with Gasteiger partial charge in [-0.05, 0) is 18.2 Å². The lowest BCUT2D eigenvalue weighted by molar-refractivity contribution is 0.0697. The van der Waals surface area contributed by atoms with Crippen LogP contribution in [-0.4, -0.2) is 26.6 Å². The highest BCUT2D eigenvalue weighted by Gasteiger charge is 2.17. The molecule has 0 fully saturated rings. The number of carboxylic acid groups (broad SMARTS) is 1. The second kappa shape index (κ2) is 3.87. The predicted molar refractivity (Wildman–Crippen MR) is 52.0 cm³/mol. The van der Waals surface area contributed by atoms with Gasteiger partial charge in [-0.1, -0.05) is 0 Å². The number of carboxylic acids is 1. The highest BCUT2D eigenvalue weighted by molar-refractivity contribution is 7.87. The molecule has 1 aromatic carbocycles. The first-order chi connectivity index (χ1) is 6.88. The van der Waals surface area contributed by atoms with E-state index in [0.29, 0.717) is 0 Å². The molecule has 0 radical (unpaired) electrons. The van der Waals surface area contributed by atoms with Crippen molar-refractivity contribution in [3.63, 3.8) is 0 Å². The largest absolute Gasteiger partial charge is 0.478 e. The molecular formula is C8H9NO5S. The van der Waals surface area contributed by atoms with E-state index in [9.17, 15) is 13.2 Å². The third-order valence-corrected chi connectivity index (χ3v) is 3.09. The third-order valence-electron chi connectivity index (χ3n) is 1.75. The number of anilines is 1. The molecule has 0 aliphatic heterocycles. The lowest BCUT2D eigenvalue weighted by atomic mass is 10.2. The zero-order valence-corrected chi connectivity index (χ0v) is 8.61. The summed E-state index contributed by atoms with van der Waals surface area (Å²) in [5.41, 5.74) is 5.16. The first-order valence-electron chi connectivity index (χ1n) is 3.82. The second-order valence-corrected chi connectivity index (χ2v) is 4.36. The number of hydrogen-bond acceptors (Lipinski definition) is 5. The van der Waals surface area contributed by atoms with Crippen molar-refractivity contribution in [2.24, 2.45) is 0 Å². The molecule has 82 valence electrons. The van der Waals surface area contributed by atoms with E-state index in [1.807, 2.05) is 0 Å². The summed E-state index contributed by atoms with van der Waals surface area (Å²) in [5.74, 6) is -1.18. The molecule has 0 saturated heterocycles. The van der Waals surface area contributed by atoms with Gasteiger partial charge in [0, 0.05) is 0 Å². The summed E-state index contributed by atoms with van der Waals surface area (Å²) in [7, 11) is -2.89. The van der Waals surface area contributed by atoms with Gasteiger partial charge in [-0.15, -0.1) is 0 Å². The van der Waals surface area contributed by atoms with Crippen LogP contribution >= 0.6 is 0 Å². The number of benzene rings is 1. The minimum Gasteiger partial charge on any atom is -0.478 e. The molecule has 0 bridgehead atoms. The molecule has 1 rings (SSSR count). The van der Waals surface area contributed by atoms with Crippen molar-refractivity contribution in [1.29, 1.82) is 0 Å². The number of carbonyl (C=O) groups is 1. The zero-order chi connectivity index (χ0) is 11.6. The molecule has 15 heavy (non-hydrogen) atoms. The van der Waals surface area contributed by atoms with Crippen molar-refractivity contribution >= 4 is 21.8 Å². The average molecular weight is 231 g/mol. The van der Waals surface area contributed by atoms with Crippen molar-refractivity contribution in [3.8, 4) is 0 Å². The van der Waals surface area contributed by atoms with Gasteiger partial charge in [-0.25, -0.2) is 4.79 Å².